The highest BCUT2D eigenvalue weighted by atomic mass is 16.7. The van der Waals surface area contributed by atoms with Crippen LogP contribution in [-0.2, 0) is 18.8 Å². The minimum absolute atomic E-state index is 0.0749. The van der Waals surface area contributed by atoms with Crippen molar-refractivity contribution >= 4 is 35.4 Å². The molecule has 9 nitrogen and oxygen atoms in total. The van der Waals surface area contributed by atoms with Crippen molar-refractivity contribution in [2.45, 2.75) is 90.1 Å². The number of carbonyl (C=O) groups is 2. The van der Waals surface area contributed by atoms with E-state index in [1.165, 1.54) is 7.11 Å². The summed E-state index contributed by atoms with van der Waals surface area (Å²) in [6, 6.07) is 12.0. The number of ether oxygens (including phenoxy) is 1. The van der Waals surface area contributed by atoms with E-state index in [2.05, 4.69) is 74.4 Å². The van der Waals surface area contributed by atoms with Crippen LogP contribution in [0.1, 0.15) is 72.7 Å². The molecule has 2 bridgehead atoms. The second-order valence-corrected chi connectivity index (χ2v) is 13.4. The van der Waals surface area contributed by atoms with Gasteiger partial charge in [-0.15, -0.1) is 0 Å². The summed E-state index contributed by atoms with van der Waals surface area (Å²) in [7, 11) is 0.910. The van der Waals surface area contributed by atoms with Crippen molar-refractivity contribution < 1.29 is 23.6 Å². The van der Waals surface area contributed by atoms with Crippen molar-refractivity contribution in [2.75, 3.05) is 7.11 Å². The number of benzene rings is 2. The maximum Gasteiger partial charge on any atom is 0.494 e. The normalized spacial score (nSPS) is 24.9. The zero-order valence-electron chi connectivity index (χ0n) is 25.6. The van der Waals surface area contributed by atoms with E-state index >= 15 is 0 Å². The number of aromatic nitrogens is 2. The second kappa shape index (κ2) is 10.4. The second-order valence-electron chi connectivity index (χ2n) is 13.4. The lowest BCUT2D eigenvalue weighted by Crippen LogP contribution is -2.54. The van der Waals surface area contributed by atoms with Crippen molar-refractivity contribution in [3.63, 3.8) is 0 Å². The van der Waals surface area contributed by atoms with Gasteiger partial charge >= 0.3 is 13.2 Å². The lowest BCUT2D eigenvalue weighted by Gasteiger charge is -2.37. The molecule has 4 atom stereocenters. The van der Waals surface area contributed by atoms with Crippen molar-refractivity contribution in [3.05, 3.63) is 48.4 Å². The Morgan fingerprint density at radius 3 is 2.45 bits per heavy atom. The van der Waals surface area contributed by atoms with Crippen molar-refractivity contribution in [2.24, 2.45) is 11.8 Å². The molecule has 4 unspecified atom stereocenters. The lowest BCUT2D eigenvalue weighted by atomic mass is 9.78. The van der Waals surface area contributed by atoms with Gasteiger partial charge in [-0.2, -0.15) is 0 Å². The number of imidazole rings is 1. The Bertz CT molecular complexity index is 1500. The minimum atomic E-state index is -0.656. The quantitative estimate of drug-likeness (QED) is 0.405. The highest BCUT2D eigenvalue weighted by molar-refractivity contribution is 6.62. The van der Waals surface area contributed by atoms with E-state index in [-0.39, 0.29) is 35.1 Å². The third-order valence-corrected chi connectivity index (χ3v) is 9.81. The number of hydrogen-bond donors (Lipinski definition) is 2. The molecule has 2 saturated heterocycles. The van der Waals surface area contributed by atoms with Crippen LogP contribution in [-0.4, -0.2) is 64.4 Å². The molecule has 3 fully saturated rings. The number of methoxy groups -OCH3 is 1. The fourth-order valence-corrected chi connectivity index (χ4v) is 6.71. The molecule has 42 heavy (non-hydrogen) atoms. The van der Waals surface area contributed by atoms with E-state index < -0.39 is 19.3 Å². The van der Waals surface area contributed by atoms with E-state index in [4.69, 9.17) is 19.0 Å². The molecule has 3 aliphatic rings. The largest absolute Gasteiger partial charge is 0.494 e. The zero-order chi connectivity index (χ0) is 30.0. The van der Waals surface area contributed by atoms with Crippen LogP contribution in [0.2, 0.25) is 0 Å². The predicted molar refractivity (Wildman–Crippen MR) is 162 cm³/mol. The Labute approximate surface area is 247 Å². The van der Waals surface area contributed by atoms with Crippen LogP contribution in [0.5, 0.6) is 0 Å². The first-order valence-electron chi connectivity index (χ1n) is 15.0. The van der Waals surface area contributed by atoms with Gasteiger partial charge in [-0.3, -0.25) is 4.79 Å². The van der Waals surface area contributed by atoms with Gasteiger partial charge in [0.25, 0.3) is 0 Å². The first-order chi connectivity index (χ1) is 19.9. The van der Waals surface area contributed by atoms with Gasteiger partial charge in [-0.25, -0.2) is 9.78 Å². The molecule has 3 heterocycles. The third-order valence-electron chi connectivity index (χ3n) is 9.81. The molecule has 1 aromatic heterocycles. The van der Waals surface area contributed by atoms with Crippen LogP contribution in [0.15, 0.2) is 42.6 Å². The zero-order valence-corrected chi connectivity index (χ0v) is 25.6. The van der Waals surface area contributed by atoms with E-state index in [1.807, 2.05) is 24.9 Å². The lowest BCUT2D eigenvalue weighted by molar-refractivity contribution is -0.139. The van der Waals surface area contributed by atoms with Crippen LogP contribution >= 0.6 is 0 Å². The number of piperidine rings is 1. The number of H-pyrrole nitrogens is 1. The number of alkyl carbamates (subject to hydrolysis) is 1. The number of hydrogen-bond acceptors (Lipinski definition) is 6. The standard InChI is InChI=1S/C32H41BN4O5/c1-18(2)26(36-30(39)40-7)29(38)37-24-13-11-22(16-24)27(37)28-34-17-25(35-28)21-9-8-20-15-23(12-10-19(20)14-21)33-41-31(3,4)32(5,6)42-33/h8-10,12,14-15,17-18,22,24,26-27H,11,13,16H2,1-7H3,(H,34,35)(H,36,39). The molecule has 6 rings (SSSR count). The summed E-state index contributed by atoms with van der Waals surface area (Å²) in [5.74, 6) is 0.983. The molecular formula is C32H41BN4O5. The van der Waals surface area contributed by atoms with Gasteiger partial charge in [0.15, 0.2) is 0 Å². The molecule has 3 aromatic rings. The summed E-state index contributed by atoms with van der Waals surface area (Å²) in [6.45, 7) is 12.1. The highest BCUT2D eigenvalue weighted by Crippen LogP contribution is 2.50. The first-order valence-corrected chi connectivity index (χ1v) is 15.0. The number of likely N-dealkylation sites (tertiary alicyclic amines) is 1. The molecule has 1 aliphatic carbocycles. The molecule has 222 valence electrons. The molecule has 2 amide bonds. The van der Waals surface area contributed by atoms with Gasteiger partial charge < -0.3 is 29.2 Å². The Kier molecular flexibility index (Phi) is 7.13. The Balaban J connectivity index is 1.24. The summed E-state index contributed by atoms with van der Waals surface area (Å²) in [5, 5.41) is 4.96. The molecule has 2 aromatic carbocycles. The van der Waals surface area contributed by atoms with Crippen molar-refractivity contribution in [1.29, 1.82) is 0 Å². The summed E-state index contributed by atoms with van der Waals surface area (Å²) < 4.78 is 17.3. The fourth-order valence-electron chi connectivity index (χ4n) is 6.71. The SMILES string of the molecule is COC(=O)NC(C(=O)N1C2CCC(C2)C1c1ncc(-c2ccc3cc(B4OC(C)(C)C(C)(C)O4)ccc3c2)[nH]1)C(C)C. The van der Waals surface area contributed by atoms with Gasteiger partial charge in [-0.1, -0.05) is 44.2 Å². The number of rotatable bonds is 6. The van der Waals surface area contributed by atoms with Crippen LogP contribution in [0, 0.1) is 11.8 Å². The minimum Gasteiger partial charge on any atom is -0.453 e. The average Bonchev–Trinajstić information content (AvgIpc) is 3.73. The number of amides is 2. The topological polar surface area (TPSA) is 106 Å². The van der Waals surface area contributed by atoms with Crippen molar-refractivity contribution in [1.82, 2.24) is 20.2 Å². The molecule has 1 saturated carbocycles. The number of aromatic amines is 1. The van der Waals surface area contributed by atoms with Crippen LogP contribution in [0.4, 0.5) is 4.79 Å². The molecule has 0 radical (unpaired) electrons. The summed E-state index contributed by atoms with van der Waals surface area (Å²) in [4.78, 5) is 36.1. The highest BCUT2D eigenvalue weighted by Gasteiger charge is 2.52. The van der Waals surface area contributed by atoms with Crippen molar-refractivity contribution in [3.8, 4) is 11.3 Å². The van der Waals surface area contributed by atoms with Gasteiger partial charge in [0.1, 0.15) is 11.9 Å². The van der Waals surface area contributed by atoms with E-state index in [1.54, 1.807) is 0 Å². The smallest absolute Gasteiger partial charge is 0.453 e. The predicted octanol–water partition coefficient (Wildman–Crippen LogP) is 4.96. The summed E-state index contributed by atoms with van der Waals surface area (Å²) >= 11 is 0. The van der Waals surface area contributed by atoms with Gasteiger partial charge in [-0.05, 0) is 81.1 Å². The molecule has 10 heteroatoms. The first kappa shape index (κ1) is 28.7. The number of nitrogens with one attached hydrogen (secondary N) is 2. The van der Waals surface area contributed by atoms with Crippen LogP contribution in [0.25, 0.3) is 22.0 Å². The summed E-state index contributed by atoms with van der Waals surface area (Å²) in [5.41, 5.74) is 2.16. The van der Waals surface area contributed by atoms with E-state index in [0.717, 1.165) is 52.6 Å². The molecule has 2 aliphatic heterocycles. The van der Waals surface area contributed by atoms with E-state index in [9.17, 15) is 9.59 Å². The maximum absolute atomic E-state index is 13.8. The Hall–Kier alpha value is -3.37. The van der Waals surface area contributed by atoms with Crippen LogP contribution < -0.4 is 10.8 Å². The van der Waals surface area contributed by atoms with Crippen LogP contribution in [0.3, 0.4) is 0 Å². The number of fused-ring (bicyclic) bond motifs is 3. The molecular weight excluding hydrogens is 531 g/mol. The monoisotopic (exact) mass is 572 g/mol. The van der Waals surface area contributed by atoms with E-state index in [0.29, 0.717) is 5.92 Å². The number of carbonyl (C=O) groups excluding carboxylic acids is 2. The third kappa shape index (κ3) is 4.88. The average molecular weight is 573 g/mol. The molecule has 0 spiro atoms. The van der Waals surface area contributed by atoms with Gasteiger partial charge in [0.2, 0.25) is 5.91 Å². The van der Waals surface area contributed by atoms with Gasteiger partial charge in [0.05, 0.1) is 36.2 Å². The van der Waals surface area contributed by atoms with Gasteiger partial charge in [0, 0.05) is 11.6 Å². The maximum atomic E-state index is 13.8. The Morgan fingerprint density at radius 2 is 1.76 bits per heavy atom. The fraction of sp³-hybridized carbons (Fsp3) is 0.531. The number of nitrogens with zero attached hydrogens (tertiary/aromatic N) is 2. The summed E-state index contributed by atoms with van der Waals surface area (Å²) in [6.07, 6.45) is 4.25. The molecule has 2 N–H and O–H groups in total. The Morgan fingerprint density at radius 1 is 1.07 bits per heavy atom.